The molecule has 0 N–H and O–H groups in total. The van der Waals surface area contributed by atoms with Crippen LogP contribution in [0, 0.1) is 44.5 Å². The molecule has 267 valence electrons. The van der Waals surface area contributed by atoms with E-state index in [9.17, 15) is 8.78 Å². The molecule has 5 aromatic carbocycles. The van der Waals surface area contributed by atoms with Crippen molar-refractivity contribution in [1.29, 1.82) is 0 Å². The van der Waals surface area contributed by atoms with Gasteiger partial charge >= 0.3 is 0 Å². The van der Waals surface area contributed by atoms with E-state index in [1.807, 2.05) is 57.2 Å². The van der Waals surface area contributed by atoms with Crippen molar-refractivity contribution in [2.45, 2.75) is 40.4 Å². The Hall–Kier alpha value is -5.07. The minimum Gasteiger partial charge on any atom is -0.500 e. The summed E-state index contributed by atoms with van der Waals surface area (Å²) in [5.74, 6) is -0.743. The van der Waals surface area contributed by atoms with E-state index in [1.54, 1.807) is 18.2 Å². The number of aryl methyl sites for hydroxylation is 3. The van der Waals surface area contributed by atoms with Crippen LogP contribution in [0.15, 0.2) is 126 Å². The van der Waals surface area contributed by atoms with Crippen LogP contribution in [0.1, 0.15) is 16.7 Å². The summed E-state index contributed by atoms with van der Waals surface area (Å²) in [6.07, 6.45) is 3.31. The van der Waals surface area contributed by atoms with Crippen molar-refractivity contribution in [3.05, 3.63) is 162 Å². The Bertz CT molecular complexity index is 2540. The second-order valence-electron chi connectivity index (χ2n) is 14.2. The number of pyridine rings is 2. The number of nitrogens with zero attached hydrogens (tertiary/aromatic N) is 2. The van der Waals surface area contributed by atoms with Crippen LogP contribution in [0.5, 0.6) is 0 Å². The van der Waals surface area contributed by atoms with Crippen molar-refractivity contribution in [3.8, 4) is 44.8 Å². The SMILES string of the molecule is C[Si](C)(C)c1cnc(-c2[c-]cccc2)cc1-c1ccccc1.Cc1cc(C)c(-c2cc(-c3[c-]ccc4c3oc3cc(F)ccc34)ncc2F)c(C)c1.[Ir]. The van der Waals surface area contributed by atoms with Gasteiger partial charge in [0.2, 0.25) is 0 Å². The van der Waals surface area contributed by atoms with Gasteiger partial charge in [0.05, 0.1) is 19.9 Å². The summed E-state index contributed by atoms with van der Waals surface area (Å²) in [6, 6.07) is 41.2. The number of hydrogen-bond acceptors (Lipinski definition) is 3. The Morgan fingerprint density at radius 3 is 2.06 bits per heavy atom. The Labute approximate surface area is 324 Å². The van der Waals surface area contributed by atoms with E-state index in [4.69, 9.17) is 9.40 Å². The Balaban J connectivity index is 0.000000187. The van der Waals surface area contributed by atoms with Crippen LogP contribution < -0.4 is 5.19 Å². The molecule has 3 heterocycles. The third-order valence-electron chi connectivity index (χ3n) is 9.23. The largest absolute Gasteiger partial charge is 0.500 e. The van der Waals surface area contributed by atoms with Crippen molar-refractivity contribution >= 4 is 35.2 Å². The summed E-state index contributed by atoms with van der Waals surface area (Å²) < 4.78 is 34.4. The number of rotatable bonds is 5. The third kappa shape index (κ3) is 7.84. The molecule has 0 bridgehead atoms. The maximum Gasteiger partial charge on any atom is 0.147 e. The zero-order valence-corrected chi connectivity index (χ0v) is 33.8. The maximum atomic E-state index is 14.8. The normalized spacial score (nSPS) is 11.2. The fraction of sp³-hybridized carbons (Fsp3) is 0.130. The molecule has 8 rings (SSSR count). The molecule has 3 aromatic heterocycles. The quantitative estimate of drug-likeness (QED) is 0.128. The smallest absolute Gasteiger partial charge is 0.147 e. The number of fused-ring (bicyclic) bond motifs is 3. The molecule has 0 saturated heterocycles. The van der Waals surface area contributed by atoms with Gasteiger partial charge in [-0.1, -0.05) is 90.8 Å². The predicted octanol–water partition coefficient (Wildman–Crippen LogP) is 12.1. The second kappa shape index (κ2) is 15.5. The molecule has 3 nitrogen and oxygen atoms in total. The summed E-state index contributed by atoms with van der Waals surface area (Å²) in [7, 11) is -1.46. The number of benzene rings is 5. The standard InChI is InChI=1S/C26H18F2NO.C20H20NSi.Ir/c1-14-9-15(2)25(16(3)10-14)21-12-23(29-13-22(21)28)20-6-4-5-19-18-8-7-17(27)11-24(18)30-26(19)20;1-22(2,3)20-15-21-19(17-12-8-5-9-13-17)14-18(20)16-10-6-4-7-11-16;/h4-5,7-13H,1-3H3;4-12,14-15H,1-3H3;/q2*-1;. The van der Waals surface area contributed by atoms with E-state index in [2.05, 4.69) is 85.4 Å². The first kappa shape index (κ1) is 37.7. The van der Waals surface area contributed by atoms with Crippen LogP contribution in [0.4, 0.5) is 8.78 Å². The van der Waals surface area contributed by atoms with Crippen LogP contribution in [0.2, 0.25) is 19.6 Å². The number of halogens is 2. The molecular formula is C46H38F2IrN2OSi-2. The summed E-state index contributed by atoms with van der Waals surface area (Å²) >= 11 is 0. The Kier molecular flexibility index (Phi) is 11.0. The summed E-state index contributed by atoms with van der Waals surface area (Å²) in [4.78, 5) is 9.01. The van der Waals surface area contributed by atoms with Gasteiger partial charge in [-0.15, -0.1) is 54.1 Å². The molecule has 0 aliphatic carbocycles. The molecule has 0 saturated carbocycles. The van der Waals surface area contributed by atoms with E-state index < -0.39 is 8.07 Å². The molecule has 0 aliphatic rings. The van der Waals surface area contributed by atoms with Crippen molar-refractivity contribution in [2.75, 3.05) is 0 Å². The maximum absolute atomic E-state index is 14.8. The van der Waals surface area contributed by atoms with Crippen LogP contribution in [-0.4, -0.2) is 18.0 Å². The molecule has 0 amide bonds. The molecule has 0 fully saturated rings. The number of hydrogen-bond donors (Lipinski definition) is 0. The molecule has 1 radical (unpaired) electrons. The van der Waals surface area contributed by atoms with Crippen LogP contribution >= 0.6 is 0 Å². The van der Waals surface area contributed by atoms with Crippen LogP contribution in [0.25, 0.3) is 66.7 Å². The third-order valence-corrected chi connectivity index (χ3v) is 11.2. The first-order valence-electron chi connectivity index (χ1n) is 17.3. The van der Waals surface area contributed by atoms with E-state index in [0.29, 0.717) is 28.0 Å². The predicted molar refractivity (Wildman–Crippen MR) is 212 cm³/mol. The van der Waals surface area contributed by atoms with Crippen LogP contribution in [-0.2, 0) is 20.1 Å². The van der Waals surface area contributed by atoms with Crippen molar-refractivity contribution in [1.82, 2.24) is 9.97 Å². The summed E-state index contributed by atoms with van der Waals surface area (Å²) in [6.45, 7) is 13.1. The van der Waals surface area contributed by atoms with Crippen LogP contribution in [0.3, 0.4) is 0 Å². The van der Waals surface area contributed by atoms with E-state index in [1.165, 1.54) is 34.6 Å². The Morgan fingerprint density at radius 2 is 1.36 bits per heavy atom. The van der Waals surface area contributed by atoms with Gasteiger partial charge in [-0.3, -0.25) is 0 Å². The zero-order chi connectivity index (χ0) is 36.6. The molecule has 7 heteroatoms. The van der Waals surface area contributed by atoms with Crippen molar-refractivity contribution < 1.29 is 33.3 Å². The van der Waals surface area contributed by atoms with Gasteiger partial charge in [-0.25, -0.2) is 8.78 Å². The fourth-order valence-corrected chi connectivity index (χ4v) is 8.36. The van der Waals surface area contributed by atoms with Gasteiger partial charge in [0, 0.05) is 43.3 Å². The first-order chi connectivity index (χ1) is 25.0. The Morgan fingerprint density at radius 1 is 0.660 bits per heavy atom. The molecule has 0 unspecified atom stereocenters. The average molecular weight is 893 g/mol. The first-order valence-corrected chi connectivity index (χ1v) is 20.8. The minimum atomic E-state index is -1.46. The monoisotopic (exact) mass is 893 g/mol. The average Bonchev–Trinajstić information content (AvgIpc) is 3.50. The zero-order valence-electron chi connectivity index (χ0n) is 30.4. The van der Waals surface area contributed by atoms with Gasteiger partial charge in [0.1, 0.15) is 17.2 Å². The van der Waals surface area contributed by atoms with Gasteiger partial charge < -0.3 is 14.4 Å². The van der Waals surface area contributed by atoms with E-state index in [0.717, 1.165) is 44.3 Å². The number of furan rings is 1. The van der Waals surface area contributed by atoms with Gasteiger partial charge in [-0.05, 0) is 77.3 Å². The molecule has 53 heavy (non-hydrogen) atoms. The number of aromatic nitrogens is 2. The van der Waals surface area contributed by atoms with Gasteiger partial charge in [0.25, 0.3) is 0 Å². The second-order valence-corrected chi connectivity index (χ2v) is 19.2. The molecular weight excluding hydrogens is 855 g/mol. The van der Waals surface area contributed by atoms with E-state index in [-0.39, 0.29) is 31.7 Å². The summed E-state index contributed by atoms with van der Waals surface area (Å²) in [5, 5.41) is 3.06. The van der Waals surface area contributed by atoms with Crippen molar-refractivity contribution in [2.24, 2.45) is 0 Å². The topological polar surface area (TPSA) is 38.9 Å². The minimum absolute atomic E-state index is 0. The molecule has 0 atom stereocenters. The molecule has 0 spiro atoms. The summed E-state index contributed by atoms with van der Waals surface area (Å²) in [5.41, 5.74) is 11.3. The molecule has 0 aliphatic heterocycles. The van der Waals surface area contributed by atoms with E-state index >= 15 is 0 Å². The van der Waals surface area contributed by atoms with Crippen molar-refractivity contribution in [3.63, 3.8) is 0 Å². The fourth-order valence-electron chi connectivity index (χ4n) is 6.89. The van der Waals surface area contributed by atoms with Gasteiger partial charge in [0.15, 0.2) is 0 Å². The molecule has 8 aromatic rings. The van der Waals surface area contributed by atoms with Gasteiger partial charge in [-0.2, -0.15) is 0 Å².